The fourth-order valence-corrected chi connectivity index (χ4v) is 2.95. The van der Waals surface area contributed by atoms with E-state index >= 15 is 0 Å². The zero-order valence-corrected chi connectivity index (χ0v) is 12.7. The van der Waals surface area contributed by atoms with Gasteiger partial charge in [-0.2, -0.15) is 8.42 Å². The van der Waals surface area contributed by atoms with Crippen molar-refractivity contribution < 1.29 is 32.7 Å². The molecule has 5 N–H and O–H groups in total. The van der Waals surface area contributed by atoms with Crippen LogP contribution in [0.5, 0.6) is 0 Å². The number of aliphatic hydroxyl groups excluding tert-OH is 3. The van der Waals surface area contributed by atoms with Gasteiger partial charge in [-0.05, 0) is 19.1 Å². The van der Waals surface area contributed by atoms with E-state index in [4.69, 9.17) is 14.7 Å². The first-order valence-corrected chi connectivity index (χ1v) is 8.04. The minimum absolute atomic E-state index is 0.0406. The first kappa shape index (κ1) is 17.3. The number of ether oxygens (including phenoxy) is 1. The molecule has 2 rings (SSSR count). The van der Waals surface area contributed by atoms with Crippen LogP contribution in [0.4, 0.5) is 0 Å². The van der Waals surface area contributed by atoms with E-state index in [0.717, 1.165) is 5.56 Å². The van der Waals surface area contributed by atoms with Crippen LogP contribution in [0.2, 0.25) is 0 Å². The smallest absolute Gasteiger partial charge is 0.297 e. The van der Waals surface area contributed by atoms with Crippen molar-refractivity contribution in [3.05, 3.63) is 29.8 Å². The summed E-state index contributed by atoms with van der Waals surface area (Å²) in [6.07, 6.45) is -5.65. The molecule has 0 saturated carbocycles. The second kappa shape index (κ2) is 6.59. The lowest BCUT2D eigenvalue weighted by Gasteiger charge is -2.38. The normalized spacial score (nSPS) is 32.9. The zero-order valence-electron chi connectivity index (χ0n) is 11.9. The Kier molecular flexibility index (Phi) is 5.17. The molecule has 0 bridgehead atoms. The Hall–Kier alpha value is -1.07. The molecular weight excluding hydrogens is 314 g/mol. The van der Waals surface area contributed by atoms with Crippen molar-refractivity contribution in [2.45, 2.75) is 42.5 Å². The molecule has 1 aliphatic heterocycles. The number of rotatable bonds is 4. The lowest BCUT2D eigenvalue weighted by atomic mass is 9.98. The fourth-order valence-electron chi connectivity index (χ4n) is 2.03. The quantitative estimate of drug-likeness (QED) is 0.487. The van der Waals surface area contributed by atoms with E-state index in [-0.39, 0.29) is 4.90 Å². The Bertz CT molecular complexity index is 603. The Morgan fingerprint density at radius 3 is 2.36 bits per heavy atom. The van der Waals surface area contributed by atoms with Crippen molar-refractivity contribution in [1.82, 2.24) is 0 Å². The van der Waals surface area contributed by atoms with Crippen molar-refractivity contribution in [2.75, 3.05) is 6.61 Å². The molecule has 0 radical (unpaired) electrons. The minimum atomic E-state index is -4.03. The van der Waals surface area contributed by atoms with Gasteiger partial charge in [0.15, 0.2) is 6.29 Å². The van der Waals surface area contributed by atoms with E-state index in [1.54, 1.807) is 12.1 Å². The lowest BCUT2D eigenvalue weighted by molar-refractivity contribution is -0.246. The summed E-state index contributed by atoms with van der Waals surface area (Å²) >= 11 is 0. The van der Waals surface area contributed by atoms with Crippen LogP contribution in [0.25, 0.3) is 0 Å². The summed E-state index contributed by atoms with van der Waals surface area (Å²) in [7, 11) is -4.03. The van der Waals surface area contributed by atoms with Crippen LogP contribution in [0, 0.1) is 6.92 Å². The Morgan fingerprint density at radius 2 is 1.77 bits per heavy atom. The summed E-state index contributed by atoms with van der Waals surface area (Å²) in [6, 6.07) is 4.84. The highest BCUT2D eigenvalue weighted by Gasteiger charge is 2.42. The third-order valence-electron chi connectivity index (χ3n) is 3.47. The van der Waals surface area contributed by atoms with E-state index < -0.39 is 47.4 Å². The van der Waals surface area contributed by atoms with Gasteiger partial charge in [0, 0.05) is 0 Å². The largest absolute Gasteiger partial charge is 0.388 e. The lowest BCUT2D eigenvalue weighted by Crippen LogP contribution is -2.62. The summed E-state index contributed by atoms with van der Waals surface area (Å²) in [4.78, 5) is -0.0406. The predicted molar refractivity (Wildman–Crippen MR) is 75.2 cm³/mol. The predicted octanol–water partition coefficient (Wildman–Crippen LogP) is -1.53. The topological polar surface area (TPSA) is 139 Å². The van der Waals surface area contributed by atoms with Crippen molar-refractivity contribution in [3.63, 3.8) is 0 Å². The number of hydrogen-bond acceptors (Lipinski definition) is 8. The third-order valence-corrected chi connectivity index (χ3v) is 4.76. The standard InChI is InChI=1S/C13H19NO7S/c1-7-2-4-8(5-3-7)22(18,19)20-6-9-11(15)12(16)10(14)13(17)21-9/h2-5,9-13,15-17H,6,14H2,1H3. The number of nitrogens with two attached hydrogens (primary N) is 1. The van der Waals surface area contributed by atoms with Gasteiger partial charge in [-0.25, -0.2) is 0 Å². The Labute approximate surface area is 128 Å². The van der Waals surface area contributed by atoms with E-state index in [1.165, 1.54) is 12.1 Å². The number of hydrogen-bond donors (Lipinski definition) is 4. The summed E-state index contributed by atoms with van der Waals surface area (Å²) in [5.41, 5.74) is 6.31. The molecule has 1 saturated heterocycles. The number of aliphatic hydroxyl groups is 3. The molecule has 5 unspecified atom stereocenters. The van der Waals surface area contributed by atoms with Crippen molar-refractivity contribution in [2.24, 2.45) is 5.73 Å². The molecule has 1 fully saturated rings. The second-order valence-corrected chi connectivity index (χ2v) is 6.79. The average molecular weight is 333 g/mol. The molecule has 9 heteroatoms. The van der Waals surface area contributed by atoms with E-state index in [2.05, 4.69) is 0 Å². The van der Waals surface area contributed by atoms with Crippen LogP contribution in [-0.4, -0.2) is 61.0 Å². The zero-order chi connectivity index (χ0) is 16.5. The summed E-state index contributed by atoms with van der Waals surface area (Å²) in [5.74, 6) is 0. The van der Waals surface area contributed by atoms with Crippen LogP contribution < -0.4 is 5.73 Å². The van der Waals surface area contributed by atoms with Gasteiger partial charge in [-0.15, -0.1) is 0 Å². The molecular formula is C13H19NO7S. The Morgan fingerprint density at radius 1 is 1.18 bits per heavy atom. The van der Waals surface area contributed by atoms with Crippen molar-refractivity contribution in [3.8, 4) is 0 Å². The molecule has 0 aliphatic carbocycles. The monoisotopic (exact) mass is 333 g/mol. The fraction of sp³-hybridized carbons (Fsp3) is 0.538. The molecule has 1 heterocycles. The highest BCUT2D eigenvalue weighted by Crippen LogP contribution is 2.21. The number of benzene rings is 1. The first-order valence-electron chi connectivity index (χ1n) is 6.64. The van der Waals surface area contributed by atoms with E-state index in [9.17, 15) is 23.7 Å². The van der Waals surface area contributed by atoms with Crippen LogP contribution in [-0.2, 0) is 19.0 Å². The maximum absolute atomic E-state index is 12.0. The van der Waals surface area contributed by atoms with Crippen LogP contribution in [0.3, 0.4) is 0 Å². The molecule has 8 nitrogen and oxygen atoms in total. The van der Waals surface area contributed by atoms with Gasteiger partial charge in [0.25, 0.3) is 10.1 Å². The third kappa shape index (κ3) is 3.63. The number of aryl methyl sites for hydroxylation is 1. The van der Waals surface area contributed by atoms with Crippen LogP contribution >= 0.6 is 0 Å². The molecule has 0 spiro atoms. The molecule has 1 aromatic rings. The van der Waals surface area contributed by atoms with Crippen LogP contribution in [0.15, 0.2) is 29.2 Å². The summed E-state index contributed by atoms with van der Waals surface area (Å²) in [6.45, 7) is 1.26. The second-order valence-electron chi connectivity index (χ2n) is 5.18. The van der Waals surface area contributed by atoms with Crippen molar-refractivity contribution in [1.29, 1.82) is 0 Å². The minimum Gasteiger partial charge on any atom is -0.388 e. The molecule has 124 valence electrons. The molecule has 1 aromatic carbocycles. The molecule has 22 heavy (non-hydrogen) atoms. The summed E-state index contributed by atoms with van der Waals surface area (Å²) < 4.78 is 33.8. The average Bonchev–Trinajstić information content (AvgIpc) is 2.48. The molecule has 5 atom stereocenters. The van der Waals surface area contributed by atoms with E-state index in [1.807, 2.05) is 6.92 Å². The van der Waals surface area contributed by atoms with Gasteiger partial charge >= 0.3 is 0 Å². The van der Waals surface area contributed by atoms with Gasteiger partial charge in [-0.1, -0.05) is 17.7 Å². The SMILES string of the molecule is Cc1ccc(S(=O)(=O)OCC2OC(O)C(N)C(O)C2O)cc1. The van der Waals surface area contributed by atoms with Crippen molar-refractivity contribution >= 4 is 10.1 Å². The molecule has 0 aromatic heterocycles. The van der Waals surface area contributed by atoms with Crippen LogP contribution in [0.1, 0.15) is 5.56 Å². The maximum atomic E-state index is 12.0. The van der Waals surface area contributed by atoms with Gasteiger partial charge in [-0.3, -0.25) is 4.18 Å². The van der Waals surface area contributed by atoms with E-state index in [0.29, 0.717) is 0 Å². The maximum Gasteiger partial charge on any atom is 0.297 e. The summed E-state index contributed by atoms with van der Waals surface area (Å²) in [5, 5.41) is 28.9. The molecule has 0 amide bonds. The highest BCUT2D eigenvalue weighted by atomic mass is 32.2. The highest BCUT2D eigenvalue weighted by molar-refractivity contribution is 7.86. The van der Waals surface area contributed by atoms with Gasteiger partial charge in [0.2, 0.25) is 0 Å². The Balaban J connectivity index is 2.04. The van der Waals surface area contributed by atoms with Gasteiger partial charge in [0.05, 0.1) is 17.5 Å². The first-order chi connectivity index (χ1) is 10.2. The van der Waals surface area contributed by atoms with Gasteiger partial charge < -0.3 is 25.8 Å². The molecule has 1 aliphatic rings. The van der Waals surface area contributed by atoms with Gasteiger partial charge in [0.1, 0.15) is 18.3 Å².